The van der Waals surface area contributed by atoms with E-state index in [0.29, 0.717) is 6.54 Å². The molecule has 0 fully saturated rings. The molecule has 0 radical (unpaired) electrons. The molecule has 0 spiro atoms. The van der Waals surface area contributed by atoms with Crippen LogP contribution in [0.2, 0.25) is 0 Å². The van der Waals surface area contributed by atoms with Crippen LogP contribution in [-0.2, 0) is 0 Å². The van der Waals surface area contributed by atoms with Gasteiger partial charge < -0.3 is 15.5 Å². The Balaban J connectivity index is 3.00. The van der Waals surface area contributed by atoms with Gasteiger partial charge in [-0.2, -0.15) is 0 Å². The van der Waals surface area contributed by atoms with Crippen molar-refractivity contribution in [2.75, 3.05) is 19.7 Å². The monoisotopic (exact) mass is 175 g/mol. The van der Waals surface area contributed by atoms with E-state index in [4.69, 9.17) is 10.2 Å². The molecule has 0 aromatic carbocycles. The summed E-state index contributed by atoms with van der Waals surface area (Å²) in [6.45, 7) is 5.66. The number of nitrogens with one attached hydrogen (secondary N) is 1. The van der Waals surface area contributed by atoms with Crippen molar-refractivity contribution < 1.29 is 10.2 Å². The fourth-order valence-electron chi connectivity index (χ4n) is 0.969. The van der Waals surface area contributed by atoms with E-state index >= 15 is 0 Å². The van der Waals surface area contributed by atoms with Crippen LogP contribution in [-0.4, -0.2) is 36.0 Å². The van der Waals surface area contributed by atoms with Gasteiger partial charge in [-0.3, -0.25) is 0 Å². The molecule has 0 bridgehead atoms. The summed E-state index contributed by atoms with van der Waals surface area (Å²) in [5.41, 5.74) is 0. The Hall–Kier alpha value is -0.120. The molecule has 0 aromatic rings. The number of aliphatic hydroxyl groups is 2. The molecule has 0 aliphatic rings. The molecule has 3 heteroatoms. The third kappa shape index (κ3) is 7.98. The lowest BCUT2D eigenvalue weighted by molar-refractivity contribution is 0.0945. The zero-order valence-corrected chi connectivity index (χ0v) is 8.08. The van der Waals surface area contributed by atoms with E-state index in [-0.39, 0.29) is 6.61 Å². The van der Waals surface area contributed by atoms with Gasteiger partial charge in [0.2, 0.25) is 0 Å². The number of rotatable bonds is 7. The standard InChI is InChI=1S/C9H21NO2/c1-8(2)4-3-5-10-6-9(12)7-11/h8-12H,3-7H2,1-2H3/t9-/m0/s1. The van der Waals surface area contributed by atoms with Crippen LogP contribution >= 0.6 is 0 Å². The van der Waals surface area contributed by atoms with Crippen molar-refractivity contribution in [2.24, 2.45) is 5.92 Å². The highest BCUT2D eigenvalue weighted by molar-refractivity contribution is 4.57. The summed E-state index contributed by atoms with van der Waals surface area (Å²) >= 11 is 0. The van der Waals surface area contributed by atoms with Gasteiger partial charge in [0.25, 0.3) is 0 Å². The first-order chi connectivity index (χ1) is 5.66. The molecule has 0 aliphatic heterocycles. The predicted octanol–water partition coefficient (Wildman–Crippen LogP) is 0.365. The third-order valence-corrected chi connectivity index (χ3v) is 1.73. The molecule has 0 aliphatic carbocycles. The topological polar surface area (TPSA) is 52.5 Å². The molecule has 1 atom stereocenters. The summed E-state index contributed by atoms with van der Waals surface area (Å²) in [5.74, 6) is 0.745. The van der Waals surface area contributed by atoms with Gasteiger partial charge in [0.05, 0.1) is 12.7 Å². The Morgan fingerprint density at radius 3 is 2.50 bits per heavy atom. The van der Waals surface area contributed by atoms with E-state index in [2.05, 4.69) is 19.2 Å². The average Bonchev–Trinajstić information content (AvgIpc) is 2.03. The van der Waals surface area contributed by atoms with Crippen LogP contribution < -0.4 is 5.32 Å². The minimum Gasteiger partial charge on any atom is -0.394 e. The van der Waals surface area contributed by atoms with Crippen LogP contribution in [0.4, 0.5) is 0 Å². The van der Waals surface area contributed by atoms with Gasteiger partial charge >= 0.3 is 0 Å². The number of hydrogen-bond acceptors (Lipinski definition) is 3. The Bertz CT molecular complexity index is 96.5. The molecule has 0 rings (SSSR count). The summed E-state index contributed by atoms with van der Waals surface area (Å²) in [6, 6.07) is 0. The van der Waals surface area contributed by atoms with Crippen molar-refractivity contribution >= 4 is 0 Å². The van der Waals surface area contributed by atoms with Crippen molar-refractivity contribution in [2.45, 2.75) is 32.8 Å². The van der Waals surface area contributed by atoms with E-state index in [9.17, 15) is 0 Å². The molecule has 0 saturated heterocycles. The lowest BCUT2D eigenvalue weighted by Gasteiger charge is -2.09. The van der Waals surface area contributed by atoms with Crippen LogP contribution in [0.1, 0.15) is 26.7 Å². The molecule has 0 heterocycles. The predicted molar refractivity (Wildman–Crippen MR) is 50.0 cm³/mol. The fourth-order valence-corrected chi connectivity index (χ4v) is 0.969. The fraction of sp³-hybridized carbons (Fsp3) is 1.00. The maximum absolute atomic E-state index is 8.95. The van der Waals surface area contributed by atoms with Crippen molar-refractivity contribution in [3.63, 3.8) is 0 Å². The maximum Gasteiger partial charge on any atom is 0.0894 e. The first kappa shape index (κ1) is 11.9. The summed E-state index contributed by atoms with van der Waals surface area (Å²) in [7, 11) is 0. The van der Waals surface area contributed by atoms with Crippen molar-refractivity contribution in [1.82, 2.24) is 5.32 Å². The van der Waals surface area contributed by atoms with E-state index < -0.39 is 6.10 Å². The zero-order valence-electron chi connectivity index (χ0n) is 8.08. The number of aliphatic hydroxyl groups excluding tert-OH is 2. The summed E-state index contributed by atoms with van der Waals surface area (Å²) in [5, 5.41) is 20.5. The Kier molecular flexibility index (Phi) is 7.45. The van der Waals surface area contributed by atoms with Gasteiger partial charge in [-0.25, -0.2) is 0 Å². The van der Waals surface area contributed by atoms with Crippen LogP contribution in [0.5, 0.6) is 0 Å². The second kappa shape index (κ2) is 7.53. The molecular formula is C9H21NO2. The highest BCUT2D eigenvalue weighted by atomic mass is 16.3. The minimum absolute atomic E-state index is 0.156. The molecule has 0 aromatic heterocycles. The molecule has 74 valence electrons. The quantitative estimate of drug-likeness (QED) is 0.490. The molecule has 3 N–H and O–H groups in total. The highest BCUT2D eigenvalue weighted by Crippen LogP contribution is 2.01. The molecule has 3 nitrogen and oxygen atoms in total. The summed E-state index contributed by atoms with van der Waals surface area (Å²) in [6.07, 6.45) is 1.74. The van der Waals surface area contributed by atoms with E-state index in [0.717, 1.165) is 18.9 Å². The van der Waals surface area contributed by atoms with E-state index in [1.807, 2.05) is 0 Å². The van der Waals surface area contributed by atoms with Crippen LogP contribution in [0, 0.1) is 5.92 Å². The van der Waals surface area contributed by atoms with Gasteiger partial charge in [0.15, 0.2) is 0 Å². The largest absolute Gasteiger partial charge is 0.394 e. The average molecular weight is 175 g/mol. The second-order valence-electron chi connectivity index (χ2n) is 3.58. The Morgan fingerprint density at radius 1 is 1.33 bits per heavy atom. The first-order valence-corrected chi connectivity index (χ1v) is 4.66. The van der Waals surface area contributed by atoms with Gasteiger partial charge in [0.1, 0.15) is 0 Å². The van der Waals surface area contributed by atoms with Crippen molar-refractivity contribution in [3.05, 3.63) is 0 Å². The Labute approximate surface area is 74.8 Å². The normalized spacial score (nSPS) is 13.8. The van der Waals surface area contributed by atoms with Gasteiger partial charge in [-0.15, -0.1) is 0 Å². The summed E-state index contributed by atoms with van der Waals surface area (Å²) < 4.78 is 0. The summed E-state index contributed by atoms with van der Waals surface area (Å²) in [4.78, 5) is 0. The van der Waals surface area contributed by atoms with Crippen LogP contribution in [0.3, 0.4) is 0 Å². The highest BCUT2D eigenvalue weighted by Gasteiger charge is 1.99. The van der Waals surface area contributed by atoms with E-state index in [1.165, 1.54) is 6.42 Å². The lowest BCUT2D eigenvalue weighted by Crippen LogP contribution is -2.30. The first-order valence-electron chi connectivity index (χ1n) is 4.66. The van der Waals surface area contributed by atoms with Crippen LogP contribution in [0.15, 0.2) is 0 Å². The van der Waals surface area contributed by atoms with Crippen molar-refractivity contribution in [1.29, 1.82) is 0 Å². The molecular weight excluding hydrogens is 154 g/mol. The smallest absolute Gasteiger partial charge is 0.0894 e. The van der Waals surface area contributed by atoms with Gasteiger partial charge in [0, 0.05) is 6.54 Å². The molecule has 0 unspecified atom stereocenters. The van der Waals surface area contributed by atoms with Crippen LogP contribution in [0.25, 0.3) is 0 Å². The maximum atomic E-state index is 8.95. The van der Waals surface area contributed by atoms with Gasteiger partial charge in [-0.05, 0) is 25.3 Å². The molecule has 0 saturated carbocycles. The van der Waals surface area contributed by atoms with Gasteiger partial charge in [-0.1, -0.05) is 13.8 Å². The lowest BCUT2D eigenvalue weighted by atomic mass is 10.1. The van der Waals surface area contributed by atoms with Crippen molar-refractivity contribution in [3.8, 4) is 0 Å². The third-order valence-electron chi connectivity index (χ3n) is 1.73. The molecule has 0 amide bonds. The zero-order chi connectivity index (χ0) is 9.40. The minimum atomic E-state index is -0.607. The second-order valence-corrected chi connectivity index (χ2v) is 3.58. The number of hydrogen-bond donors (Lipinski definition) is 3. The molecule has 12 heavy (non-hydrogen) atoms. The Morgan fingerprint density at radius 2 is 2.00 bits per heavy atom. The van der Waals surface area contributed by atoms with E-state index in [1.54, 1.807) is 0 Å². The SMILES string of the molecule is CC(C)CCCNC[C@H](O)CO.